The monoisotopic (exact) mass is 287 g/mol. The van der Waals surface area contributed by atoms with Crippen molar-refractivity contribution >= 4 is 17.6 Å². The summed E-state index contributed by atoms with van der Waals surface area (Å²) in [6, 6.07) is 5.48. The summed E-state index contributed by atoms with van der Waals surface area (Å²) < 4.78 is 0. The SMILES string of the molecule is CN1Cc2c(NC(=O)N3CCCCCC3)cccc2C1=O. The fourth-order valence-electron chi connectivity index (χ4n) is 3.06. The van der Waals surface area contributed by atoms with Crippen LogP contribution >= 0.6 is 0 Å². The van der Waals surface area contributed by atoms with E-state index in [0.717, 1.165) is 37.2 Å². The van der Waals surface area contributed by atoms with Crippen LogP contribution in [0, 0.1) is 0 Å². The molecule has 3 rings (SSSR count). The van der Waals surface area contributed by atoms with Crippen LogP contribution in [0.15, 0.2) is 18.2 Å². The van der Waals surface area contributed by atoms with E-state index in [1.807, 2.05) is 23.1 Å². The molecule has 2 aliphatic rings. The van der Waals surface area contributed by atoms with Crippen molar-refractivity contribution in [1.29, 1.82) is 0 Å². The third-order valence-electron chi connectivity index (χ3n) is 4.28. The van der Waals surface area contributed by atoms with Crippen LogP contribution in [0.2, 0.25) is 0 Å². The highest BCUT2D eigenvalue weighted by molar-refractivity contribution is 6.01. The van der Waals surface area contributed by atoms with Crippen LogP contribution < -0.4 is 5.32 Å². The van der Waals surface area contributed by atoms with Crippen molar-refractivity contribution in [3.8, 4) is 0 Å². The molecule has 0 unspecified atom stereocenters. The van der Waals surface area contributed by atoms with E-state index in [1.54, 1.807) is 11.9 Å². The van der Waals surface area contributed by atoms with Gasteiger partial charge in [-0.15, -0.1) is 0 Å². The number of nitrogens with zero attached hydrogens (tertiary/aromatic N) is 2. The third-order valence-corrected chi connectivity index (χ3v) is 4.28. The Hall–Kier alpha value is -2.04. The molecule has 0 bridgehead atoms. The molecule has 1 aromatic rings. The topological polar surface area (TPSA) is 52.7 Å². The van der Waals surface area contributed by atoms with Gasteiger partial charge >= 0.3 is 6.03 Å². The van der Waals surface area contributed by atoms with E-state index in [-0.39, 0.29) is 11.9 Å². The second-order valence-corrected chi connectivity index (χ2v) is 5.82. The molecule has 1 fully saturated rings. The Balaban J connectivity index is 1.77. The number of urea groups is 1. The molecule has 112 valence electrons. The highest BCUT2D eigenvalue weighted by Crippen LogP contribution is 2.28. The lowest BCUT2D eigenvalue weighted by atomic mass is 10.1. The minimum absolute atomic E-state index is 0.0240. The second kappa shape index (κ2) is 5.76. The molecule has 0 radical (unpaired) electrons. The van der Waals surface area contributed by atoms with Gasteiger partial charge in [0.1, 0.15) is 0 Å². The summed E-state index contributed by atoms with van der Waals surface area (Å²) in [5.41, 5.74) is 2.39. The Kier molecular flexibility index (Phi) is 3.82. The van der Waals surface area contributed by atoms with E-state index < -0.39 is 0 Å². The van der Waals surface area contributed by atoms with Gasteiger partial charge in [0.15, 0.2) is 0 Å². The van der Waals surface area contributed by atoms with Gasteiger partial charge in [0.05, 0.1) is 0 Å². The van der Waals surface area contributed by atoms with Crippen LogP contribution in [-0.2, 0) is 6.54 Å². The first-order chi connectivity index (χ1) is 10.2. The van der Waals surface area contributed by atoms with E-state index in [0.29, 0.717) is 12.1 Å². The molecule has 5 heteroatoms. The van der Waals surface area contributed by atoms with Gasteiger partial charge in [-0.05, 0) is 25.0 Å². The van der Waals surface area contributed by atoms with Gasteiger partial charge in [-0.2, -0.15) is 0 Å². The number of amides is 3. The Morgan fingerprint density at radius 3 is 2.57 bits per heavy atom. The molecule has 1 N–H and O–H groups in total. The van der Waals surface area contributed by atoms with Gasteiger partial charge in [-0.3, -0.25) is 4.79 Å². The lowest BCUT2D eigenvalue weighted by Crippen LogP contribution is -2.35. The van der Waals surface area contributed by atoms with Gasteiger partial charge < -0.3 is 15.1 Å². The maximum Gasteiger partial charge on any atom is 0.321 e. The summed E-state index contributed by atoms with van der Waals surface area (Å²) in [4.78, 5) is 27.9. The largest absolute Gasteiger partial charge is 0.337 e. The minimum atomic E-state index is -0.0488. The summed E-state index contributed by atoms with van der Waals surface area (Å²) in [5, 5.41) is 2.99. The summed E-state index contributed by atoms with van der Waals surface area (Å²) in [6.45, 7) is 2.20. The van der Waals surface area contributed by atoms with Crippen LogP contribution in [0.4, 0.5) is 10.5 Å². The summed E-state index contributed by atoms with van der Waals surface area (Å²) in [5.74, 6) is 0.0240. The van der Waals surface area contributed by atoms with Crippen molar-refractivity contribution in [1.82, 2.24) is 9.80 Å². The zero-order chi connectivity index (χ0) is 14.8. The maximum absolute atomic E-state index is 12.4. The Morgan fingerprint density at radius 2 is 1.86 bits per heavy atom. The van der Waals surface area contributed by atoms with Crippen molar-refractivity contribution in [2.75, 3.05) is 25.5 Å². The van der Waals surface area contributed by atoms with Gasteiger partial charge in [0, 0.05) is 43.5 Å². The standard InChI is InChI=1S/C16H21N3O2/c1-18-11-13-12(15(18)20)7-6-8-14(13)17-16(21)19-9-4-2-3-5-10-19/h6-8H,2-5,9-11H2,1H3,(H,17,21). The smallest absolute Gasteiger partial charge is 0.321 e. The van der Waals surface area contributed by atoms with E-state index in [2.05, 4.69) is 5.32 Å². The Morgan fingerprint density at radius 1 is 1.14 bits per heavy atom. The number of hydrogen-bond acceptors (Lipinski definition) is 2. The molecule has 5 nitrogen and oxygen atoms in total. The highest BCUT2D eigenvalue weighted by atomic mass is 16.2. The zero-order valence-corrected chi connectivity index (χ0v) is 12.4. The first-order valence-corrected chi connectivity index (χ1v) is 7.60. The molecular weight excluding hydrogens is 266 g/mol. The molecule has 0 aromatic heterocycles. The third kappa shape index (κ3) is 2.73. The number of carbonyl (C=O) groups is 2. The number of likely N-dealkylation sites (tertiary alicyclic amines) is 1. The van der Waals surface area contributed by atoms with Crippen molar-refractivity contribution < 1.29 is 9.59 Å². The predicted molar refractivity (Wildman–Crippen MR) is 81.3 cm³/mol. The van der Waals surface area contributed by atoms with E-state index in [4.69, 9.17) is 0 Å². The van der Waals surface area contributed by atoms with E-state index in [9.17, 15) is 9.59 Å². The molecule has 0 saturated carbocycles. The van der Waals surface area contributed by atoms with Gasteiger partial charge in [-0.1, -0.05) is 18.9 Å². The number of anilines is 1. The molecule has 0 atom stereocenters. The zero-order valence-electron chi connectivity index (χ0n) is 12.4. The number of rotatable bonds is 1. The van der Waals surface area contributed by atoms with Crippen LogP contribution in [-0.4, -0.2) is 41.9 Å². The number of nitrogens with one attached hydrogen (secondary N) is 1. The van der Waals surface area contributed by atoms with Gasteiger partial charge in [0.2, 0.25) is 0 Å². The number of hydrogen-bond donors (Lipinski definition) is 1. The van der Waals surface area contributed by atoms with Crippen molar-refractivity contribution in [3.63, 3.8) is 0 Å². The average Bonchev–Trinajstić information content (AvgIpc) is 2.70. The lowest BCUT2D eigenvalue weighted by molar-refractivity contribution is 0.0816. The fraction of sp³-hybridized carbons (Fsp3) is 0.500. The van der Waals surface area contributed by atoms with Crippen LogP contribution in [0.5, 0.6) is 0 Å². The molecule has 1 aromatic carbocycles. The quantitative estimate of drug-likeness (QED) is 0.863. The van der Waals surface area contributed by atoms with Crippen LogP contribution in [0.25, 0.3) is 0 Å². The molecule has 3 amide bonds. The first kappa shape index (κ1) is 13.9. The number of carbonyl (C=O) groups excluding carboxylic acids is 2. The molecule has 0 spiro atoms. The van der Waals surface area contributed by atoms with E-state index >= 15 is 0 Å². The summed E-state index contributed by atoms with van der Waals surface area (Å²) >= 11 is 0. The van der Waals surface area contributed by atoms with Crippen molar-refractivity contribution in [3.05, 3.63) is 29.3 Å². The minimum Gasteiger partial charge on any atom is -0.337 e. The fourth-order valence-corrected chi connectivity index (χ4v) is 3.06. The van der Waals surface area contributed by atoms with Crippen LogP contribution in [0.1, 0.15) is 41.6 Å². The molecule has 1 saturated heterocycles. The predicted octanol–water partition coefficient (Wildman–Crippen LogP) is 2.68. The Labute approximate surface area is 124 Å². The molecule has 2 heterocycles. The second-order valence-electron chi connectivity index (χ2n) is 5.82. The summed E-state index contributed by atoms with van der Waals surface area (Å²) in [6.07, 6.45) is 4.54. The number of fused-ring (bicyclic) bond motifs is 1. The normalized spacial score (nSPS) is 18.4. The first-order valence-electron chi connectivity index (χ1n) is 7.60. The summed E-state index contributed by atoms with van der Waals surface area (Å²) in [7, 11) is 1.78. The van der Waals surface area contributed by atoms with Crippen molar-refractivity contribution in [2.24, 2.45) is 0 Å². The maximum atomic E-state index is 12.4. The molecule has 21 heavy (non-hydrogen) atoms. The van der Waals surface area contributed by atoms with Crippen LogP contribution in [0.3, 0.4) is 0 Å². The molecular formula is C16H21N3O2. The van der Waals surface area contributed by atoms with Gasteiger partial charge in [-0.25, -0.2) is 4.79 Å². The Bertz CT molecular complexity index is 563. The average molecular weight is 287 g/mol. The molecule has 2 aliphatic heterocycles. The highest BCUT2D eigenvalue weighted by Gasteiger charge is 2.27. The van der Waals surface area contributed by atoms with Crippen molar-refractivity contribution in [2.45, 2.75) is 32.2 Å². The number of benzene rings is 1. The van der Waals surface area contributed by atoms with Gasteiger partial charge in [0.25, 0.3) is 5.91 Å². The molecule has 0 aliphatic carbocycles. The van der Waals surface area contributed by atoms with E-state index in [1.165, 1.54) is 12.8 Å². The lowest BCUT2D eigenvalue weighted by Gasteiger charge is -2.21.